The van der Waals surface area contributed by atoms with Gasteiger partial charge in [0.25, 0.3) is 5.91 Å². The Balaban J connectivity index is 1.71. The second-order valence-corrected chi connectivity index (χ2v) is 8.13. The number of ether oxygens (including phenoxy) is 1. The van der Waals surface area contributed by atoms with Crippen LogP contribution in [0.1, 0.15) is 49.3 Å². The molecule has 0 saturated carbocycles. The average molecular weight is 506 g/mol. The zero-order valence-corrected chi connectivity index (χ0v) is 19.3. The topological polar surface area (TPSA) is 89.8 Å². The van der Waals surface area contributed by atoms with Crippen LogP contribution in [-0.4, -0.2) is 33.7 Å². The number of carbonyl (C=O) groups excluding carboxylic acids is 3. The Bertz CT molecular complexity index is 1350. The van der Waals surface area contributed by atoms with Gasteiger partial charge in [0.1, 0.15) is 0 Å². The van der Waals surface area contributed by atoms with Gasteiger partial charge < -0.3 is 14.5 Å². The molecule has 0 fully saturated rings. The van der Waals surface area contributed by atoms with Crippen LogP contribution in [0.5, 0.6) is 0 Å². The summed E-state index contributed by atoms with van der Waals surface area (Å²) in [6, 6.07) is 15.4. The third kappa shape index (κ3) is 4.85. The van der Waals surface area contributed by atoms with Gasteiger partial charge in [0.05, 0.1) is 23.4 Å². The van der Waals surface area contributed by atoms with Gasteiger partial charge in [-0.2, -0.15) is 0 Å². The fourth-order valence-corrected chi connectivity index (χ4v) is 3.85. The molecule has 3 aromatic heterocycles. The zero-order chi connectivity index (χ0) is 23.4. The number of pyridine rings is 2. The molecule has 7 nitrogen and oxygen atoms in total. The molecule has 1 aromatic carbocycles. The number of nitrogens with one attached hydrogen (secondary N) is 1. The fourth-order valence-electron chi connectivity index (χ4n) is 3.45. The summed E-state index contributed by atoms with van der Waals surface area (Å²) in [6.07, 6.45) is 4.95. The first-order valence-electron chi connectivity index (χ1n) is 10.3. The zero-order valence-electron chi connectivity index (χ0n) is 17.7. The summed E-state index contributed by atoms with van der Waals surface area (Å²) < 4.78 is 7.56. The van der Waals surface area contributed by atoms with Crippen molar-refractivity contribution in [3.05, 3.63) is 106 Å². The van der Waals surface area contributed by atoms with Crippen molar-refractivity contribution in [3.8, 4) is 0 Å². The molecule has 166 valence electrons. The van der Waals surface area contributed by atoms with Crippen LogP contribution in [0.15, 0.2) is 77.7 Å². The van der Waals surface area contributed by atoms with Gasteiger partial charge in [-0.3, -0.25) is 14.6 Å². The van der Waals surface area contributed by atoms with Crippen molar-refractivity contribution in [2.75, 3.05) is 6.61 Å². The van der Waals surface area contributed by atoms with Crippen molar-refractivity contribution >= 4 is 39.1 Å². The summed E-state index contributed by atoms with van der Waals surface area (Å²) in [5.41, 5.74) is 2.63. The van der Waals surface area contributed by atoms with Crippen molar-refractivity contribution in [1.29, 1.82) is 0 Å². The van der Waals surface area contributed by atoms with Gasteiger partial charge in [0.15, 0.2) is 0 Å². The number of hydrogen-bond donors (Lipinski definition) is 1. The van der Waals surface area contributed by atoms with E-state index in [9.17, 15) is 14.4 Å². The molecule has 0 aliphatic rings. The maximum Gasteiger partial charge on any atom is 0.340 e. The van der Waals surface area contributed by atoms with E-state index in [1.807, 2.05) is 12.1 Å². The van der Waals surface area contributed by atoms with Crippen molar-refractivity contribution in [1.82, 2.24) is 14.7 Å². The molecule has 0 atom stereocenters. The second-order valence-electron chi connectivity index (χ2n) is 7.22. The van der Waals surface area contributed by atoms with Crippen LogP contribution in [0.25, 0.3) is 5.52 Å². The highest BCUT2D eigenvalue weighted by atomic mass is 79.9. The van der Waals surface area contributed by atoms with Crippen LogP contribution in [0.4, 0.5) is 0 Å². The smallest absolute Gasteiger partial charge is 0.340 e. The highest BCUT2D eigenvalue weighted by Crippen LogP contribution is 2.23. The van der Waals surface area contributed by atoms with Crippen LogP contribution in [0, 0.1) is 0 Å². The molecule has 0 saturated heterocycles. The Morgan fingerprint density at radius 3 is 2.64 bits per heavy atom. The number of amides is 1. The van der Waals surface area contributed by atoms with E-state index in [1.54, 1.807) is 66.3 Å². The van der Waals surface area contributed by atoms with Gasteiger partial charge in [0.2, 0.25) is 5.78 Å². The molecule has 8 heteroatoms. The number of carbonyl (C=O) groups is 3. The molecule has 33 heavy (non-hydrogen) atoms. The number of nitrogens with zero attached hydrogens (tertiary/aromatic N) is 2. The Morgan fingerprint density at radius 1 is 1.06 bits per heavy atom. The third-order valence-corrected chi connectivity index (χ3v) is 5.52. The van der Waals surface area contributed by atoms with Crippen LogP contribution in [-0.2, 0) is 11.3 Å². The highest BCUT2D eigenvalue weighted by Gasteiger charge is 2.22. The van der Waals surface area contributed by atoms with Crippen molar-refractivity contribution in [2.24, 2.45) is 0 Å². The van der Waals surface area contributed by atoms with Crippen molar-refractivity contribution < 1.29 is 19.1 Å². The molecule has 4 rings (SSSR count). The lowest BCUT2D eigenvalue weighted by Crippen LogP contribution is -2.23. The van der Waals surface area contributed by atoms with Crippen molar-refractivity contribution in [3.63, 3.8) is 0 Å². The fraction of sp³-hybridized carbons (Fsp3) is 0.120. The third-order valence-electron chi connectivity index (χ3n) is 5.02. The first kappa shape index (κ1) is 22.4. The Kier molecular flexibility index (Phi) is 6.65. The van der Waals surface area contributed by atoms with Gasteiger partial charge in [-0.25, -0.2) is 4.79 Å². The van der Waals surface area contributed by atoms with Gasteiger partial charge >= 0.3 is 5.97 Å². The average Bonchev–Trinajstić information content (AvgIpc) is 3.22. The molecule has 0 unspecified atom stereocenters. The van der Waals surface area contributed by atoms with E-state index in [-0.39, 0.29) is 23.9 Å². The first-order valence-corrected chi connectivity index (χ1v) is 11.1. The minimum Gasteiger partial charge on any atom is -0.462 e. The van der Waals surface area contributed by atoms with Gasteiger partial charge in [-0.15, -0.1) is 0 Å². The molecule has 0 aliphatic heterocycles. The monoisotopic (exact) mass is 505 g/mol. The lowest BCUT2D eigenvalue weighted by molar-refractivity contribution is 0.0528. The van der Waals surface area contributed by atoms with E-state index in [0.717, 1.165) is 10.0 Å². The summed E-state index contributed by atoms with van der Waals surface area (Å²) in [5.74, 6) is -1.12. The number of ketones is 1. The molecule has 0 radical (unpaired) electrons. The SMILES string of the molecule is CCOC(=O)c1cc(C(=O)c2cccc(Br)c2)n2ccc(C(=O)NCc3cccnc3)cc12. The molecule has 4 aromatic rings. The molecule has 0 aliphatic carbocycles. The Hall–Kier alpha value is -3.78. The minimum absolute atomic E-state index is 0.191. The predicted octanol–water partition coefficient (Wildman–Crippen LogP) is 4.43. The first-order chi connectivity index (χ1) is 16.0. The lowest BCUT2D eigenvalue weighted by atomic mass is 10.1. The van der Waals surface area contributed by atoms with Gasteiger partial charge in [0, 0.05) is 40.7 Å². The number of aromatic nitrogens is 2. The van der Waals surface area contributed by atoms with Crippen LogP contribution in [0.3, 0.4) is 0 Å². The molecule has 0 spiro atoms. The standard InChI is InChI=1S/C25H20BrN3O4/c1-2-33-25(32)20-13-22(23(30)17-6-3-7-19(26)11-17)29-10-8-18(12-21(20)29)24(31)28-15-16-5-4-9-27-14-16/h3-14H,2,15H2,1H3,(H,28,31). The number of halogens is 1. The van der Waals surface area contributed by atoms with E-state index in [1.165, 1.54) is 6.07 Å². The van der Waals surface area contributed by atoms with E-state index in [4.69, 9.17) is 4.74 Å². The molecular formula is C25H20BrN3O4. The highest BCUT2D eigenvalue weighted by molar-refractivity contribution is 9.10. The Morgan fingerprint density at radius 2 is 1.91 bits per heavy atom. The quantitative estimate of drug-likeness (QED) is 0.296. The van der Waals surface area contributed by atoms with Gasteiger partial charge in [-0.1, -0.05) is 34.1 Å². The van der Waals surface area contributed by atoms with E-state index >= 15 is 0 Å². The number of rotatable bonds is 7. The summed E-state index contributed by atoms with van der Waals surface area (Å²) in [4.78, 5) is 42.6. The van der Waals surface area contributed by atoms with E-state index < -0.39 is 5.97 Å². The lowest BCUT2D eigenvalue weighted by Gasteiger charge is -2.08. The molecule has 1 N–H and O–H groups in total. The van der Waals surface area contributed by atoms with Gasteiger partial charge in [-0.05, 0) is 48.9 Å². The minimum atomic E-state index is -0.559. The molecule has 3 heterocycles. The number of fused-ring (bicyclic) bond motifs is 1. The Labute approximate surface area is 198 Å². The number of hydrogen-bond acceptors (Lipinski definition) is 5. The second kappa shape index (κ2) is 9.79. The maximum absolute atomic E-state index is 13.2. The predicted molar refractivity (Wildman–Crippen MR) is 126 cm³/mol. The number of benzene rings is 1. The molecule has 1 amide bonds. The molecule has 0 bridgehead atoms. The van der Waals surface area contributed by atoms with Crippen molar-refractivity contribution in [2.45, 2.75) is 13.5 Å². The normalized spacial score (nSPS) is 10.7. The van der Waals surface area contributed by atoms with Crippen LogP contribution < -0.4 is 5.32 Å². The largest absolute Gasteiger partial charge is 0.462 e. The van der Waals surface area contributed by atoms with Crippen LogP contribution in [0.2, 0.25) is 0 Å². The van der Waals surface area contributed by atoms with E-state index in [2.05, 4.69) is 26.2 Å². The summed E-state index contributed by atoms with van der Waals surface area (Å²) >= 11 is 3.38. The number of esters is 1. The summed E-state index contributed by atoms with van der Waals surface area (Å²) in [6.45, 7) is 2.22. The summed E-state index contributed by atoms with van der Waals surface area (Å²) in [7, 11) is 0. The maximum atomic E-state index is 13.2. The van der Waals surface area contributed by atoms with Crippen LogP contribution >= 0.6 is 15.9 Å². The molecular weight excluding hydrogens is 486 g/mol. The summed E-state index contributed by atoms with van der Waals surface area (Å²) in [5, 5.41) is 2.84. The van der Waals surface area contributed by atoms with E-state index in [0.29, 0.717) is 28.9 Å².